The molecule has 0 radical (unpaired) electrons. The predicted molar refractivity (Wildman–Crippen MR) is 135 cm³/mol. The van der Waals surface area contributed by atoms with Crippen LogP contribution in [-0.2, 0) is 11.3 Å². The third-order valence-electron chi connectivity index (χ3n) is 7.85. The Morgan fingerprint density at radius 2 is 1.74 bits per heavy atom. The molecule has 162 valence electrons. The van der Waals surface area contributed by atoms with E-state index >= 15 is 0 Å². The fourth-order valence-electron chi connectivity index (χ4n) is 6.54. The van der Waals surface area contributed by atoms with Crippen LogP contribution in [0.25, 0.3) is 21.8 Å². The van der Waals surface area contributed by atoms with E-state index in [1.807, 2.05) is 0 Å². The van der Waals surface area contributed by atoms with Crippen molar-refractivity contribution in [2.24, 2.45) is 17.8 Å². The number of nitrogens with one attached hydrogen (secondary N) is 1. The normalized spacial score (nSPS) is 27.2. The minimum Gasteiger partial charge on any atom is -0.341 e. The van der Waals surface area contributed by atoms with Gasteiger partial charge in [0.05, 0.1) is 4.08 Å². The average molecular weight is 451 g/mol. The van der Waals surface area contributed by atoms with Crippen LogP contribution in [0.5, 0.6) is 0 Å². The zero-order valence-corrected chi connectivity index (χ0v) is 19.7. The van der Waals surface area contributed by atoms with Crippen molar-refractivity contribution in [3.63, 3.8) is 0 Å². The van der Waals surface area contributed by atoms with Gasteiger partial charge in [0.1, 0.15) is 0 Å². The summed E-state index contributed by atoms with van der Waals surface area (Å²) in [5.74, 6) is 4.39. The number of rotatable bonds is 3. The van der Waals surface area contributed by atoms with Crippen LogP contribution in [0.3, 0.4) is 0 Å². The molecule has 3 aliphatic rings. The Labute approximate surface area is 192 Å². The third-order valence-corrected chi connectivity index (χ3v) is 11.9. The van der Waals surface area contributed by atoms with Crippen molar-refractivity contribution in [3.8, 4) is 0 Å². The number of hydrogen-bond acceptors (Lipinski definition) is 3. The molecule has 1 aliphatic heterocycles. The van der Waals surface area contributed by atoms with Crippen molar-refractivity contribution in [3.05, 3.63) is 42.5 Å². The molecule has 2 saturated carbocycles. The van der Waals surface area contributed by atoms with Crippen LogP contribution in [0.4, 0.5) is 5.69 Å². The molecule has 3 nitrogen and oxygen atoms in total. The van der Waals surface area contributed by atoms with Crippen molar-refractivity contribution < 1.29 is 4.79 Å². The number of aromatic nitrogens is 1. The van der Waals surface area contributed by atoms with Crippen molar-refractivity contribution in [2.75, 3.05) is 16.8 Å². The van der Waals surface area contributed by atoms with Crippen molar-refractivity contribution in [1.82, 2.24) is 4.57 Å². The lowest BCUT2D eigenvalue weighted by atomic mass is 9.67. The van der Waals surface area contributed by atoms with Crippen molar-refractivity contribution in [2.45, 2.75) is 49.7 Å². The van der Waals surface area contributed by atoms with Gasteiger partial charge in [0.15, 0.2) is 0 Å². The first-order chi connectivity index (χ1) is 15.2. The maximum Gasteiger partial charge on any atom is 0.227 e. The summed E-state index contributed by atoms with van der Waals surface area (Å²) in [7, 11) is 0. The first kappa shape index (κ1) is 20.0. The minimum atomic E-state index is 0.162. The van der Waals surface area contributed by atoms with Gasteiger partial charge in [-0.1, -0.05) is 24.6 Å². The number of aryl methyl sites for hydroxylation is 1. The molecule has 1 N–H and O–H groups in total. The molecule has 2 aliphatic carbocycles. The monoisotopic (exact) mass is 450 g/mol. The van der Waals surface area contributed by atoms with E-state index in [1.54, 1.807) is 0 Å². The number of fused-ring (bicyclic) bond motifs is 3. The van der Waals surface area contributed by atoms with Gasteiger partial charge in [-0.3, -0.25) is 4.79 Å². The number of amides is 1. The lowest BCUT2D eigenvalue weighted by molar-refractivity contribution is -0.122. The summed E-state index contributed by atoms with van der Waals surface area (Å²) in [6.07, 6.45) is 6.11. The van der Waals surface area contributed by atoms with Gasteiger partial charge >= 0.3 is 0 Å². The molecular formula is C26H30N2OS2. The molecule has 1 aromatic heterocycles. The SMILES string of the molecule is CCn1c2ccccc2c2cc(NC(=O)C3C[C@H]4CCC[C@@H](C3)C43SCCS3)ccc21. The summed E-state index contributed by atoms with van der Waals surface area (Å²) < 4.78 is 2.78. The van der Waals surface area contributed by atoms with Gasteiger partial charge in [-0.15, -0.1) is 23.5 Å². The molecule has 2 aromatic carbocycles. The van der Waals surface area contributed by atoms with Gasteiger partial charge < -0.3 is 9.88 Å². The number of thioether (sulfide) groups is 2. The van der Waals surface area contributed by atoms with Crippen LogP contribution in [-0.4, -0.2) is 26.1 Å². The highest BCUT2D eigenvalue weighted by Crippen LogP contribution is 2.64. The van der Waals surface area contributed by atoms with Crippen LogP contribution in [0, 0.1) is 17.8 Å². The second-order valence-corrected chi connectivity index (χ2v) is 12.4. The fraction of sp³-hybridized carbons (Fsp3) is 0.500. The molecule has 1 saturated heterocycles. The Hall–Kier alpha value is -1.59. The predicted octanol–water partition coefficient (Wildman–Crippen LogP) is 6.76. The van der Waals surface area contributed by atoms with Gasteiger partial charge in [0.25, 0.3) is 0 Å². The van der Waals surface area contributed by atoms with Gasteiger partial charge in [-0.2, -0.15) is 0 Å². The second kappa shape index (κ2) is 7.77. The molecule has 2 bridgehead atoms. The Morgan fingerprint density at radius 1 is 1.03 bits per heavy atom. The van der Waals surface area contributed by atoms with E-state index in [9.17, 15) is 4.79 Å². The van der Waals surface area contributed by atoms with Crippen LogP contribution in [0.15, 0.2) is 42.5 Å². The highest BCUT2D eigenvalue weighted by molar-refractivity contribution is 8.21. The highest BCUT2D eigenvalue weighted by Gasteiger charge is 2.55. The zero-order chi connectivity index (χ0) is 21.0. The van der Waals surface area contributed by atoms with Gasteiger partial charge in [-0.25, -0.2) is 0 Å². The highest BCUT2D eigenvalue weighted by atomic mass is 32.2. The standard InChI is InChI=1S/C26H30N2OS2/c1-2-28-23-9-4-3-8-21(23)22-16-20(10-11-24(22)28)27-25(29)17-14-18-6-5-7-19(15-17)26(18)30-12-13-31-26/h3-4,8-11,16-19H,2,5-7,12-15H2,1H3,(H,27,29)/t17?,18-,19+. The summed E-state index contributed by atoms with van der Waals surface area (Å²) in [4.78, 5) is 13.3. The summed E-state index contributed by atoms with van der Waals surface area (Å²) >= 11 is 4.42. The lowest BCUT2D eigenvalue weighted by Gasteiger charge is -2.52. The van der Waals surface area contributed by atoms with E-state index in [0.29, 0.717) is 15.9 Å². The van der Waals surface area contributed by atoms with E-state index in [1.165, 1.54) is 52.6 Å². The average Bonchev–Trinajstić information content (AvgIpc) is 3.36. The van der Waals surface area contributed by atoms with Crippen LogP contribution in [0.2, 0.25) is 0 Å². The number of anilines is 1. The van der Waals surface area contributed by atoms with E-state index < -0.39 is 0 Å². The number of nitrogens with zero attached hydrogens (tertiary/aromatic N) is 1. The summed E-state index contributed by atoms with van der Waals surface area (Å²) in [5.41, 5.74) is 3.44. The Balaban J connectivity index is 1.26. The Bertz CT molecular complexity index is 1130. The van der Waals surface area contributed by atoms with Crippen molar-refractivity contribution >= 4 is 56.9 Å². The minimum absolute atomic E-state index is 0.162. The molecule has 5 heteroatoms. The molecule has 6 rings (SSSR count). The van der Waals surface area contributed by atoms with Gasteiger partial charge in [-0.05, 0) is 68.7 Å². The summed E-state index contributed by atoms with van der Waals surface area (Å²) in [6.45, 7) is 3.13. The lowest BCUT2D eigenvalue weighted by Crippen LogP contribution is -2.48. The largest absolute Gasteiger partial charge is 0.341 e. The van der Waals surface area contributed by atoms with Gasteiger partial charge in [0, 0.05) is 51.5 Å². The molecule has 1 spiro atoms. The van der Waals surface area contributed by atoms with E-state index in [-0.39, 0.29) is 11.8 Å². The maximum atomic E-state index is 13.3. The van der Waals surface area contributed by atoms with Crippen LogP contribution in [0.1, 0.15) is 39.0 Å². The molecular weight excluding hydrogens is 420 g/mol. The van der Waals surface area contributed by atoms with E-state index in [0.717, 1.165) is 25.1 Å². The number of carbonyl (C=O) groups is 1. The number of hydrogen-bond donors (Lipinski definition) is 1. The third kappa shape index (κ3) is 3.14. The molecule has 3 fully saturated rings. The van der Waals surface area contributed by atoms with E-state index in [2.05, 4.69) is 82.8 Å². The molecule has 2 heterocycles. The summed E-state index contributed by atoms with van der Waals surface area (Å²) in [6, 6.07) is 15.0. The molecule has 3 atom stereocenters. The molecule has 3 aromatic rings. The fourth-order valence-corrected chi connectivity index (χ4v) is 10.5. The first-order valence-corrected chi connectivity index (χ1v) is 13.8. The Kier molecular flexibility index (Phi) is 5.03. The first-order valence-electron chi connectivity index (χ1n) is 11.8. The van der Waals surface area contributed by atoms with Crippen molar-refractivity contribution in [1.29, 1.82) is 0 Å². The van der Waals surface area contributed by atoms with Crippen LogP contribution < -0.4 is 5.32 Å². The second-order valence-electron chi connectivity index (χ2n) is 9.39. The van der Waals surface area contributed by atoms with Crippen LogP contribution >= 0.6 is 23.5 Å². The smallest absolute Gasteiger partial charge is 0.227 e. The molecule has 31 heavy (non-hydrogen) atoms. The maximum absolute atomic E-state index is 13.3. The topological polar surface area (TPSA) is 34.0 Å². The molecule has 1 unspecified atom stereocenters. The Morgan fingerprint density at radius 3 is 2.48 bits per heavy atom. The summed E-state index contributed by atoms with van der Waals surface area (Å²) in [5, 5.41) is 5.80. The number of carbonyl (C=O) groups excluding carboxylic acids is 1. The molecule has 1 amide bonds. The van der Waals surface area contributed by atoms with E-state index in [4.69, 9.17) is 0 Å². The zero-order valence-electron chi connectivity index (χ0n) is 18.1. The quantitative estimate of drug-likeness (QED) is 0.479. The van der Waals surface area contributed by atoms with Gasteiger partial charge in [0.2, 0.25) is 5.91 Å². The number of para-hydroxylation sites is 1. The number of benzene rings is 2.